The average Bonchev–Trinajstić information content (AvgIpc) is 3.24. The Morgan fingerprint density at radius 3 is 2.51 bits per heavy atom. The largest absolute Gasteiger partial charge is 0.493 e. The van der Waals surface area contributed by atoms with Crippen molar-refractivity contribution in [2.45, 2.75) is 13.0 Å². The maximum Gasteiger partial charge on any atom is 0.243 e. The molecule has 182 valence electrons. The number of hydrogen-bond donors (Lipinski definition) is 2. The van der Waals surface area contributed by atoms with Crippen LogP contribution in [0.15, 0.2) is 60.7 Å². The van der Waals surface area contributed by atoms with Gasteiger partial charge in [-0.3, -0.25) is 20.4 Å². The second-order valence-electron chi connectivity index (χ2n) is 7.90. The van der Waals surface area contributed by atoms with E-state index >= 15 is 0 Å². The Kier molecular flexibility index (Phi) is 7.63. The summed E-state index contributed by atoms with van der Waals surface area (Å²) in [5, 5.41) is 0.917. The zero-order valence-corrected chi connectivity index (χ0v) is 20.2. The number of ether oxygens (including phenoxy) is 2. The third kappa shape index (κ3) is 5.96. The van der Waals surface area contributed by atoms with Gasteiger partial charge in [0.15, 0.2) is 11.5 Å². The van der Waals surface area contributed by atoms with E-state index in [0.717, 1.165) is 5.56 Å². The highest BCUT2D eigenvalue weighted by Crippen LogP contribution is 2.38. The highest BCUT2D eigenvalue weighted by Gasteiger charge is 2.35. The van der Waals surface area contributed by atoms with Gasteiger partial charge in [0.25, 0.3) is 0 Å². The van der Waals surface area contributed by atoms with E-state index in [9.17, 15) is 14.0 Å². The molecular formula is C25H22Cl2FN3O4. The normalized spacial score (nSPS) is 15.1. The van der Waals surface area contributed by atoms with Crippen LogP contribution >= 0.6 is 23.2 Å². The summed E-state index contributed by atoms with van der Waals surface area (Å²) >= 11 is 12.3. The zero-order valence-electron chi connectivity index (χ0n) is 18.7. The lowest BCUT2D eigenvalue weighted by molar-refractivity contribution is -0.125. The van der Waals surface area contributed by atoms with E-state index in [1.807, 2.05) is 12.1 Å². The Morgan fingerprint density at radius 1 is 1.11 bits per heavy atom. The first-order chi connectivity index (χ1) is 16.8. The molecule has 1 atom stereocenters. The second-order valence-corrected chi connectivity index (χ2v) is 8.74. The molecule has 0 bridgehead atoms. The molecule has 10 heteroatoms. The van der Waals surface area contributed by atoms with Crippen molar-refractivity contribution in [3.8, 4) is 11.5 Å². The highest BCUT2D eigenvalue weighted by molar-refractivity contribution is 6.32. The van der Waals surface area contributed by atoms with Gasteiger partial charge in [0, 0.05) is 29.7 Å². The maximum absolute atomic E-state index is 13.2. The number of nitrogens with one attached hydrogen (secondary N) is 2. The topological polar surface area (TPSA) is 79.9 Å². The van der Waals surface area contributed by atoms with E-state index in [2.05, 4.69) is 10.9 Å². The number of amides is 2. The van der Waals surface area contributed by atoms with Crippen LogP contribution < -0.4 is 25.2 Å². The molecule has 0 saturated carbocycles. The number of carbonyl (C=O) groups is 2. The lowest BCUT2D eigenvalue weighted by atomic mass is 10.1. The number of hydrazine groups is 1. The third-order valence-corrected chi connectivity index (χ3v) is 6.02. The Hall–Kier alpha value is -3.49. The van der Waals surface area contributed by atoms with Crippen molar-refractivity contribution < 1.29 is 23.5 Å². The summed E-state index contributed by atoms with van der Waals surface area (Å²) in [5.41, 5.74) is 7.34. The first kappa shape index (κ1) is 24.6. The van der Waals surface area contributed by atoms with Gasteiger partial charge in [-0.2, -0.15) is 0 Å². The van der Waals surface area contributed by atoms with Gasteiger partial charge in [0.2, 0.25) is 11.8 Å². The minimum atomic E-state index is -0.570. The summed E-state index contributed by atoms with van der Waals surface area (Å²) < 4.78 is 24.4. The molecule has 3 aromatic carbocycles. The minimum absolute atomic E-state index is 0.0481. The molecule has 0 aromatic heterocycles. The first-order valence-electron chi connectivity index (χ1n) is 10.7. The Bertz CT molecular complexity index is 1220. The molecule has 35 heavy (non-hydrogen) atoms. The van der Waals surface area contributed by atoms with Crippen molar-refractivity contribution in [1.82, 2.24) is 5.43 Å². The van der Waals surface area contributed by atoms with Crippen molar-refractivity contribution >= 4 is 46.4 Å². The maximum atomic E-state index is 13.2. The van der Waals surface area contributed by atoms with Gasteiger partial charge in [-0.1, -0.05) is 35.3 Å². The van der Waals surface area contributed by atoms with Crippen LogP contribution in [0.3, 0.4) is 0 Å². The summed E-state index contributed by atoms with van der Waals surface area (Å²) in [5.74, 6) is -0.794. The number of carbonyl (C=O) groups excluding carboxylic acids is 2. The van der Waals surface area contributed by atoms with Gasteiger partial charge in [-0.15, -0.1) is 0 Å². The first-order valence-corrected chi connectivity index (χ1v) is 11.5. The number of rotatable bonds is 8. The quantitative estimate of drug-likeness (QED) is 0.400. The van der Waals surface area contributed by atoms with Crippen molar-refractivity contribution in [3.05, 3.63) is 82.1 Å². The van der Waals surface area contributed by atoms with E-state index in [1.54, 1.807) is 24.3 Å². The van der Waals surface area contributed by atoms with Crippen LogP contribution in [0.2, 0.25) is 10.0 Å². The molecular weight excluding hydrogens is 496 g/mol. The van der Waals surface area contributed by atoms with E-state index in [4.69, 9.17) is 32.7 Å². The number of nitrogens with zero attached hydrogens (tertiary/aromatic N) is 1. The predicted octanol–water partition coefficient (Wildman–Crippen LogP) is 5.22. The third-order valence-electron chi connectivity index (χ3n) is 5.49. The molecule has 1 saturated heterocycles. The lowest BCUT2D eigenvalue weighted by Gasteiger charge is -2.18. The van der Waals surface area contributed by atoms with Gasteiger partial charge in [0.1, 0.15) is 12.4 Å². The number of methoxy groups -OCH3 is 1. The van der Waals surface area contributed by atoms with Crippen LogP contribution in [0, 0.1) is 11.7 Å². The number of benzene rings is 3. The lowest BCUT2D eigenvalue weighted by Crippen LogP contribution is -2.36. The standard InChI is InChI=1S/C25H22Cl2FN3O4/c1-34-22-12-19(11-21(27)24(22)35-14-15-2-4-17(26)5-3-15)29-30-25(33)16-10-23(32)31(13-16)20-8-6-18(28)7-9-20/h2-9,11-12,16,29H,10,13-14H2,1H3,(H,30,33)/t16-/m0/s1. The monoisotopic (exact) mass is 517 g/mol. The summed E-state index contributed by atoms with van der Waals surface area (Å²) in [4.78, 5) is 26.5. The molecule has 2 N–H and O–H groups in total. The molecule has 0 aliphatic carbocycles. The molecule has 4 rings (SSSR count). The van der Waals surface area contributed by atoms with Crippen LogP contribution in [0.1, 0.15) is 12.0 Å². The van der Waals surface area contributed by atoms with Crippen LogP contribution in [0.4, 0.5) is 15.8 Å². The summed E-state index contributed by atoms with van der Waals surface area (Å²) in [7, 11) is 1.48. The fraction of sp³-hybridized carbons (Fsp3) is 0.200. The Balaban J connectivity index is 1.37. The van der Waals surface area contributed by atoms with Gasteiger partial charge in [0.05, 0.1) is 23.7 Å². The SMILES string of the molecule is COc1cc(NNC(=O)[C@H]2CC(=O)N(c3ccc(F)cc3)C2)cc(Cl)c1OCc1ccc(Cl)cc1. The van der Waals surface area contributed by atoms with E-state index < -0.39 is 11.7 Å². The Morgan fingerprint density at radius 2 is 1.83 bits per heavy atom. The van der Waals surface area contributed by atoms with Crippen LogP contribution in [0.25, 0.3) is 0 Å². The minimum Gasteiger partial charge on any atom is -0.493 e. The molecule has 2 amide bonds. The fourth-order valence-electron chi connectivity index (χ4n) is 3.66. The molecule has 0 unspecified atom stereocenters. The summed E-state index contributed by atoms with van der Waals surface area (Å²) in [6.45, 7) is 0.455. The number of hydrogen-bond acceptors (Lipinski definition) is 5. The van der Waals surface area contributed by atoms with E-state index in [1.165, 1.54) is 36.3 Å². The molecule has 0 radical (unpaired) electrons. The molecule has 1 aliphatic heterocycles. The molecule has 1 fully saturated rings. The van der Waals surface area contributed by atoms with Gasteiger partial charge in [-0.25, -0.2) is 4.39 Å². The number of anilines is 2. The van der Waals surface area contributed by atoms with E-state index in [-0.39, 0.29) is 36.4 Å². The molecule has 3 aromatic rings. The molecule has 0 spiro atoms. The van der Waals surface area contributed by atoms with Gasteiger partial charge in [-0.05, 0) is 48.0 Å². The Labute approximate surface area is 211 Å². The fourth-order valence-corrected chi connectivity index (χ4v) is 4.05. The van der Waals surface area contributed by atoms with E-state index in [0.29, 0.717) is 27.9 Å². The second kappa shape index (κ2) is 10.8. The smallest absolute Gasteiger partial charge is 0.243 e. The van der Waals surface area contributed by atoms with Crippen molar-refractivity contribution in [2.24, 2.45) is 5.92 Å². The van der Waals surface area contributed by atoms with Crippen LogP contribution in [-0.2, 0) is 16.2 Å². The number of halogens is 3. The highest BCUT2D eigenvalue weighted by atomic mass is 35.5. The van der Waals surface area contributed by atoms with Gasteiger partial charge >= 0.3 is 0 Å². The van der Waals surface area contributed by atoms with Crippen molar-refractivity contribution in [2.75, 3.05) is 24.0 Å². The summed E-state index contributed by atoms with van der Waals surface area (Å²) in [6, 6.07) is 16.0. The molecule has 1 aliphatic rings. The zero-order chi connectivity index (χ0) is 24.9. The predicted molar refractivity (Wildman–Crippen MR) is 132 cm³/mol. The summed E-state index contributed by atoms with van der Waals surface area (Å²) in [6.07, 6.45) is 0.0481. The van der Waals surface area contributed by atoms with Crippen molar-refractivity contribution in [1.29, 1.82) is 0 Å². The van der Waals surface area contributed by atoms with Crippen LogP contribution in [-0.4, -0.2) is 25.5 Å². The average molecular weight is 518 g/mol. The van der Waals surface area contributed by atoms with Crippen molar-refractivity contribution in [3.63, 3.8) is 0 Å². The van der Waals surface area contributed by atoms with Gasteiger partial charge < -0.3 is 14.4 Å². The van der Waals surface area contributed by atoms with Crippen LogP contribution in [0.5, 0.6) is 11.5 Å². The molecule has 7 nitrogen and oxygen atoms in total. The molecule has 1 heterocycles.